The molecule has 3 rings (SSSR count). The maximum Gasteiger partial charge on any atom is -0.00270 e. The van der Waals surface area contributed by atoms with Crippen molar-refractivity contribution in [2.75, 3.05) is 0 Å². The minimum atomic E-state index is 0.763. The molecule has 0 aromatic rings. The van der Waals surface area contributed by atoms with Crippen molar-refractivity contribution in [1.82, 2.24) is 0 Å². The van der Waals surface area contributed by atoms with Crippen LogP contribution in [0.25, 0.3) is 0 Å². The van der Waals surface area contributed by atoms with Crippen LogP contribution in [0.4, 0.5) is 0 Å². The second-order valence-electron chi connectivity index (χ2n) is 4.99. The molecule has 0 amide bonds. The van der Waals surface area contributed by atoms with E-state index in [0.29, 0.717) is 0 Å². The van der Waals surface area contributed by atoms with Crippen molar-refractivity contribution < 1.29 is 0 Å². The first kappa shape index (κ1) is 9.89. The van der Waals surface area contributed by atoms with Gasteiger partial charge in [-0.3, -0.25) is 0 Å². The van der Waals surface area contributed by atoms with Crippen LogP contribution >= 0.6 is 15.9 Å². The van der Waals surface area contributed by atoms with Crippen molar-refractivity contribution in [1.29, 1.82) is 0 Å². The molecule has 0 fully saturated rings. The molecule has 0 N–H and O–H groups in total. The van der Waals surface area contributed by atoms with E-state index in [1.165, 1.54) is 30.2 Å². The summed E-state index contributed by atoms with van der Waals surface area (Å²) < 4.78 is 1.48. The Kier molecular flexibility index (Phi) is 2.59. The average molecular weight is 265 g/mol. The van der Waals surface area contributed by atoms with E-state index in [9.17, 15) is 0 Å². The number of allylic oxidation sites excluding steroid dienone is 6. The molecule has 0 nitrogen and oxygen atoms in total. The minimum absolute atomic E-state index is 0.763. The molecule has 0 saturated heterocycles. The molecule has 0 aromatic heterocycles. The maximum absolute atomic E-state index is 3.80. The molecule has 0 bridgehead atoms. The predicted molar refractivity (Wildman–Crippen MR) is 67.7 cm³/mol. The van der Waals surface area contributed by atoms with Crippen LogP contribution in [-0.2, 0) is 0 Å². The number of halogens is 1. The zero-order chi connectivity index (χ0) is 10.3. The van der Waals surface area contributed by atoms with E-state index in [0.717, 1.165) is 23.7 Å². The molecule has 0 saturated carbocycles. The lowest BCUT2D eigenvalue weighted by molar-refractivity contribution is 0.249. The van der Waals surface area contributed by atoms with Gasteiger partial charge < -0.3 is 0 Å². The van der Waals surface area contributed by atoms with E-state index >= 15 is 0 Å². The average Bonchev–Trinajstić information content (AvgIpc) is 2.30. The molecular formula is C14H17Br. The molecule has 0 spiro atoms. The van der Waals surface area contributed by atoms with Gasteiger partial charge in [0.15, 0.2) is 0 Å². The summed E-state index contributed by atoms with van der Waals surface area (Å²) in [7, 11) is 0. The summed E-state index contributed by atoms with van der Waals surface area (Å²) in [5, 5.41) is 0. The zero-order valence-electron chi connectivity index (χ0n) is 8.90. The van der Waals surface area contributed by atoms with Gasteiger partial charge in [-0.05, 0) is 53.8 Å². The van der Waals surface area contributed by atoms with Crippen LogP contribution < -0.4 is 0 Å². The fourth-order valence-electron chi connectivity index (χ4n) is 3.39. The molecule has 15 heavy (non-hydrogen) atoms. The van der Waals surface area contributed by atoms with Crippen LogP contribution in [0.5, 0.6) is 0 Å². The summed E-state index contributed by atoms with van der Waals surface area (Å²) in [6.07, 6.45) is 17.4. The lowest BCUT2D eigenvalue weighted by Gasteiger charge is -2.42. The Bertz CT molecular complexity index is 337. The number of rotatable bonds is 0. The first-order chi connectivity index (χ1) is 7.36. The van der Waals surface area contributed by atoms with E-state index < -0.39 is 0 Å². The fraction of sp³-hybridized carbons (Fsp3) is 0.571. The molecular weight excluding hydrogens is 248 g/mol. The normalized spacial score (nSPS) is 43.1. The molecule has 80 valence electrons. The fourth-order valence-corrected chi connectivity index (χ4v) is 4.26. The molecule has 3 aliphatic carbocycles. The van der Waals surface area contributed by atoms with Gasteiger partial charge in [0.1, 0.15) is 0 Å². The molecule has 0 radical (unpaired) electrons. The van der Waals surface area contributed by atoms with Gasteiger partial charge in [-0.1, -0.05) is 46.3 Å². The van der Waals surface area contributed by atoms with Gasteiger partial charge in [0, 0.05) is 0 Å². The SMILES string of the molecule is BrC1=CC2CCC=CC2C2C=CCCC12. The van der Waals surface area contributed by atoms with Crippen LogP contribution in [0, 0.1) is 23.7 Å². The molecule has 4 unspecified atom stereocenters. The Hall–Kier alpha value is -0.300. The summed E-state index contributed by atoms with van der Waals surface area (Å²) in [6.45, 7) is 0. The molecule has 0 aromatic carbocycles. The Labute approximate surface area is 100 Å². The third-order valence-corrected chi connectivity index (χ3v) is 5.01. The predicted octanol–water partition coefficient (Wildman–Crippen LogP) is 4.44. The highest BCUT2D eigenvalue weighted by Gasteiger charge is 2.37. The first-order valence-corrected chi connectivity index (χ1v) is 6.86. The first-order valence-electron chi connectivity index (χ1n) is 6.07. The van der Waals surface area contributed by atoms with Gasteiger partial charge in [-0.2, -0.15) is 0 Å². The lowest BCUT2D eigenvalue weighted by Crippen LogP contribution is -2.33. The van der Waals surface area contributed by atoms with Gasteiger partial charge >= 0.3 is 0 Å². The maximum atomic E-state index is 3.80. The molecule has 0 aliphatic heterocycles. The number of hydrogen-bond donors (Lipinski definition) is 0. The Morgan fingerprint density at radius 3 is 2.60 bits per heavy atom. The second-order valence-corrected chi connectivity index (χ2v) is 5.90. The van der Waals surface area contributed by atoms with Gasteiger partial charge in [0.25, 0.3) is 0 Å². The number of hydrogen-bond acceptors (Lipinski definition) is 0. The largest absolute Gasteiger partial charge is 0.0882 e. The van der Waals surface area contributed by atoms with Crippen molar-refractivity contribution in [3.05, 3.63) is 34.9 Å². The molecule has 4 atom stereocenters. The minimum Gasteiger partial charge on any atom is -0.0882 e. The van der Waals surface area contributed by atoms with Crippen molar-refractivity contribution in [3.63, 3.8) is 0 Å². The van der Waals surface area contributed by atoms with Crippen LogP contribution in [0.1, 0.15) is 25.7 Å². The standard InChI is InChI=1S/C14H17Br/c15-14-9-10-5-1-2-6-11(10)12-7-3-4-8-13(12)14/h2-3,6-7,9-13H,1,4-5,8H2. The van der Waals surface area contributed by atoms with Crippen LogP contribution in [-0.4, -0.2) is 0 Å². The Balaban J connectivity index is 1.98. The zero-order valence-corrected chi connectivity index (χ0v) is 10.5. The lowest BCUT2D eigenvalue weighted by atomic mass is 9.65. The van der Waals surface area contributed by atoms with Crippen molar-refractivity contribution >= 4 is 15.9 Å². The van der Waals surface area contributed by atoms with Crippen molar-refractivity contribution in [2.24, 2.45) is 23.7 Å². The highest BCUT2D eigenvalue weighted by Crippen LogP contribution is 2.48. The van der Waals surface area contributed by atoms with Crippen LogP contribution in [0.3, 0.4) is 0 Å². The quantitative estimate of drug-likeness (QED) is 0.568. The molecule has 1 heteroatoms. The van der Waals surface area contributed by atoms with Gasteiger partial charge in [0.2, 0.25) is 0 Å². The number of fused-ring (bicyclic) bond motifs is 3. The summed E-state index contributed by atoms with van der Waals surface area (Å²) in [5.41, 5.74) is 0. The summed E-state index contributed by atoms with van der Waals surface area (Å²) in [6, 6.07) is 0. The van der Waals surface area contributed by atoms with E-state index in [-0.39, 0.29) is 0 Å². The van der Waals surface area contributed by atoms with E-state index in [4.69, 9.17) is 0 Å². The Morgan fingerprint density at radius 1 is 1.00 bits per heavy atom. The second kappa shape index (κ2) is 3.93. The monoisotopic (exact) mass is 264 g/mol. The third kappa shape index (κ3) is 1.65. The summed E-state index contributed by atoms with van der Waals surface area (Å²) >= 11 is 3.80. The van der Waals surface area contributed by atoms with Crippen molar-refractivity contribution in [3.8, 4) is 0 Å². The van der Waals surface area contributed by atoms with Crippen LogP contribution in [0.2, 0.25) is 0 Å². The molecule has 3 aliphatic rings. The van der Waals surface area contributed by atoms with E-state index in [2.05, 4.69) is 46.3 Å². The summed E-state index contributed by atoms with van der Waals surface area (Å²) in [4.78, 5) is 0. The van der Waals surface area contributed by atoms with E-state index in [1.54, 1.807) is 0 Å². The highest BCUT2D eigenvalue weighted by molar-refractivity contribution is 9.11. The third-order valence-electron chi connectivity index (χ3n) is 4.16. The van der Waals surface area contributed by atoms with Gasteiger partial charge in [0.05, 0.1) is 0 Å². The van der Waals surface area contributed by atoms with Crippen molar-refractivity contribution in [2.45, 2.75) is 25.7 Å². The summed E-state index contributed by atoms with van der Waals surface area (Å²) in [5.74, 6) is 3.09. The van der Waals surface area contributed by atoms with Gasteiger partial charge in [-0.15, -0.1) is 0 Å². The Morgan fingerprint density at radius 2 is 1.73 bits per heavy atom. The van der Waals surface area contributed by atoms with E-state index in [1.807, 2.05) is 0 Å². The van der Waals surface area contributed by atoms with Gasteiger partial charge in [-0.25, -0.2) is 0 Å². The highest BCUT2D eigenvalue weighted by atomic mass is 79.9. The smallest absolute Gasteiger partial charge is 0.00270 e. The van der Waals surface area contributed by atoms with Crippen LogP contribution in [0.15, 0.2) is 34.9 Å². The molecule has 0 heterocycles. The topological polar surface area (TPSA) is 0 Å².